The van der Waals surface area contributed by atoms with Crippen molar-refractivity contribution in [3.8, 4) is 5.75 Å². The lowest BCUT2D eigenvalue weighted by atomic mass is 10.0. The second kappa shape index (κ2) is 13.8. The zero-order chi connectivity index (χ0) is 25.8. The van der Waals surface area contributed by atoms with Crippen molar-refractivity contribution in [1.82, 2.24) is 14.5 Å². The van der Waals surface area contributed by atoms with Gasteiger partial charge in [-0.25, -0.2) is 8.42 Å². The summed E-state index contributed by atoms with van der Waals surface area (Å²) in [6, 6.07) is 15.2. The monoisotopic (exact) mass is 505 g/mol. The molecule has 0 spiro atoms. The minimum atomic E-state index is -3.59. The zero-order valence-corrected chi connectivity index (χ0v) is 21.6. The molecule has 1 unspecified atom stereocenters. The fourth-order valence-electron chi connectivity index (χ4n) is 3.38. The first-order valence-electron chi connectivity index (χ1n) is 11.4. The van der Waals surface area contributed by atoms with E-state index in [4.69, 9.17) is 9.47 Å². The number of likely N-dealkylation sites (N-methyl/N-ethyl adjacent to an activating group) is 1. The summed E-state index contributed by atoms with van der Waals surface area (Å²) in [5, 5.41) is 2.90. The Morgan fingerprint density at radius 2 is 1.71 bits per heavy atom. The Labute approximate surface area is 208 Å². The molecule has 9 nitrogen and oxygen atoms in total. The molecule has 0 saturated carbocycles. The van der Waals surface area contributed by atoms with Crippen LogP contribution in [0.25, 0.3) is 0 Å². The predicted octanol–water partition coefficient (Wildman–Crippen LogP) is 2.20. The highest BCUT2D eigenvalue weighted by Gasteiger charge is 2.32. The lowest BCUT2D eigenvalue weighted by Gasteiger charge is -2.32. The molecule has 2 amide bonds. The number of nitrogens with one attached hydrogen (secondary N) is 1. The summed E-state index contributed by atoms with van der Waals surface area (Å²) in [5.41, 5.74) is 1.39. The molecule has 2 aromatic rings. The van der Waals surface area contributed by atoms with Gasteiger partial charge in [0.25, 0.3) is 0 Å². The van der Waals surface area contributed by atoms with Crippen LogP contribution < -0.4 is 10.1 Å². The van der Waals surface area contributed by atoms with E-state index in [0.717, 1.165) is 16.1 Å². The van der Waals surface area contributed by atoms with Crippen molar-refractivity contribution in [3.05, 3.63) is 65.7 Å². The summed E-state index contributed by atoms with van der Waals surface area (Å²) in [4.78, 5) is 28.3. The van der Waals surface area contributed by atoms with Crippen LogP contribution in [0, 0.1) is 0 Å². The van der Waals surface area contributed by atoms with Crippen molar-refractivity contribution in [3.63, 3.8) is 0 Å². The molecule has 0 aromatic heterocycles. The molecule has 0 radical (unpaired) electrons. The number of hydrogen-bond donors (Lipinski definition) is 1. The molecule has 0 fully saturated rings. The fraction of sp³-hybridized carbons (Fsp3) is 0.440. The molecule has 1 atom stereocenters. The number of carbonyl (C=O) groups excluding carboxylic acids is 2. The summed E-state index contributed by atoms with van der Waals surface area (Å²) in [7, 11) is -0.692. The third-order valence-electron chi connectivity index (χ3n) is 5.40. The Balaban J connectivity index is 2.39. The van der Waals surface area contributed by atoms with Crippen LogP contribution in [0.5, 0.6) is 5.75 Å². The standard InChI is InChI=1S/C25H35N3O6S/c1-5-34-17-9-16-26-25(30)24(21-10-7-6-8-11-21)28(23(29)19-27(2)35(4,31)32)18-20-12-14-22(33-3)15-13-20/h6-8,10-15,24H,5,9,16-19H2,1-4H3,(H,26,30). The largest absolute Gasteiger partial charge is 0.497 e. The minimum absolute atomic E-state index is 0.104. The highest BCUT2D eigenvalue weighted by atomic mass is 32.2. The number of amides is 2. The molecule has 0 aliphatic heterocycles. The summed E-state index contributed by atoms with van der Waals surface area (Å²) in [6.45, 7) is 3.11. The van der Waals surface area contributed by atoms with E-state index in [1.807, 2.05) is 13.0 Å². The van der Waals surface area contributed by atoms with E-state index in [1.165, 1.54) is 11.9 Å². The highest BCUT2D eigenvalue weighted by molar-refractivity contribution is 7.88. The number of sulfonamides is 1. The Bertz CT molecular complexity index is 1040. The van der Waals surface area contributed by atoms with Crippen LogP contribution in [-0.2, 0) is 30.9 Å². The lowest BCUT2D eigenvalue weighted by molar-refractivity contribution is -0.141. The minimum Gasteiger partial charge on any atom is -0.497 e. The van der Waals surface area contributed by atoms with Crippen molar-refractivity contribution >= 4 is 21.8 Å². The number of carbonyl (C=O) groups is 2. The van der Waals surface area contributed by atoms with Gasteiger partial charge in [-0.15, -0.1) is 0 Å². The Morgan fingerprint density at radius 3 is 2.29 bits per heavy atom. The summed E-state index contributed by atoms with van der Waals surface area (Å²) >= 11 is 0. The maximum atomic E-state index is 13.5. The van der Waals surface area contributed by atoms with E-state index < -0.39 is 28.5 Å². The Hall–Kier alpha value is -2.95. The first kappa shape index (κ1) is 28.3. The number of hydrogen-bond acceptors (Lipinski definition) is 6. The van der Waals surface area contributed by atoms with Gasteiger partial charge < -0.3 is 19.7 Å². The Kier molecular flexibility index (Phi) is 11.2. The molecule has 2 aromatic carbocycles. The molecular formula is C25H35N3O6S. The van der Waals surface area contributed by atoms with Crippen LogP contribution in [0.3, 0.4) is 0 Å². The molecule has 10 heteroatoms. The molecule has 0 aliphatic rings. The van der Waals surface area contributed by atoms with Crippen molar-refractivity contribution in [2.75, 3.05) is 46.7 Å². The van der Waals surface area contributed by atoms with Crippen LogP contribution >= 0.6 is 0 Å². The van der Waals surface area contributed by atoms with Crippen LogP contribution in [0.1, 0.15) is 30.5 Å². The molecule has 0 saturated heterocycles. The summed E-state index contributed by atoms with van der Waals surface area (Å²) < 4.78 is 35.5. The number of methoxy groups -OCH3 is 1. The smallest absolute Gasteiger partial charge is 0.247 e. The number of rotatable bonds is 14. The maximum absolute atomic E-state index is 13.5. The van der Waals surface area contributed by atoms with E-state index in [-0.39, 0.29) is 12.5 Å². The fourth-order valence-corrected chi connectivity index (χ4v) is 3.73. The van der Waals surface area contributed by atoms with Gasteiger partial charge in [-0.3, -0.25) is 9.59 Å². The first-order valence-corrected chi connectivity index (χ1v) is 13.3. The molecular weight excluding hydrogens is 470 g/mol. The van der Waals surface area contributed by atoms with E-state index in [2.05, 4.69) is 5.32 Å². The number of nitrogens with zero attached hydrogens (tertiary/aromatic N) is 2. The van der Waals surface area contributed by atoms with E-state index in [9.17, 15) is 18.0 Å². The summed E-state index contributed by atoms with van der Waals surface area (Å²) in [5.74, 6) is -0.182. The van der Waals surface area contributed by atoms with Gasteiger partial charge in [-0.05, 0) is 36.6 Å². The van der Waals surface area contributed by atoms with Crippen LogP contribution in [0.15, 0.2) is 54.6 Å². The zero-order valence-electron chi connectivity index (χ0n) is 20.8. The SMILES string of the molecule is CCOCCCNC(=O)C(c1ccccc1)N(Cc1ccc(OC)cc1)C(=O)CN(C)S(C)(=O)=O. The second-order valence-electron chi connectivity index (χ2n) is 8.04. The van der Waals surface area contributed by atoms with Gasteiger partial charge in [0.15, 0.2) is 0 Å². The van der Waals surface area contributed by atoms with Gasteiger partial charge in [0.2, 0.25) is 21.8 Å². The van der Waals surface area contributed by atoms with Gasteiger partial charge in [-0.1, -0.05) is 42.5 Å². The topological polar surface area (TPSA) is 105 Å². The van der Waals surface area contributed by atoms with Crippen molar-refractivity contribution in [2.24, 2.45) is 0 Å². The lowest BCUT2D eigenvalue weighted by Crippen LogP contribution is -2.47. The van der Waals surface area contributed by atoms with E-state index in [1.54, 1.807) is 55.6 Å². The maximum Gasteiger partial charge on any atom is 0.247 e. The second-order valence-corrected chi connectivity index (χ2v) is 10.1. The molecule has 192 valence electrons. The first-order chi connectivity index (χ1) is 16.7. The van der Waals surface area contributed by atoms with Gasteiger partial charge in [0.1, 0.15) is 11.8 Å². The van der Waals surface area contributed by atoms with E-state index in [0.29, 0.717) is 37.5 Å². The molecule has 2 rings (SSSR count). The van der Waals surface area contributed by atoms with Crippen LogP contribution in [0.4, 0.5) is 0 Å². The van der Waals surface area contributed by atoms with Gasteiger partial charge in [-0.2, -0.15) is 4.31 Å². The third-order valence-corrected chi connectivity index (χ3v) is 6.66. The van der Waals surface area contributed by atoms with Gasteiger partial charge in [0, 0.05) is 33.4 Å². The third kappa shape index (κ3) is 8.97. The van der Waals surface area contributed by atoms with Crippen LogP contribution in [0.2, 0.25) is 0 Å². The van der Waals surface area contributed by atoms with Gasteiger partial charge >= 0.3 is 0 Å². The van der Waals surface area contributed by atoms with Crippen molar-refractivity contribution in [1.29, 1.82) is 0 Å². The average molecular weight is 506 g/mol. The predicted molar refractivity (Wildman–Crippen MR) is 134 cm³/mol. The molecule has 0 bridgehead atoms. The number of ether oxygens (including phenoxy) is 2. The molecule has 35 heavy (non-hydrogen) atoms. The molecule has 0 heterocycles. The normalized spacial score (nSPS) is 12.3. The molecule has 1 N–H and O–H groups in total. The molecule has 0 aliphatic carbocycles. The van der Waals surface area contributed by atoms with Crippen molar-refractivity contribution in [2.45, 2.75) is 25.9 Å². The Morgan fingerprint density at radius 1 is 1.06 bits per heavy atom. The quantitative estimate of drug-likeness (QED) is 0.395. The summed E-state index contributed by atoms with van der Waals surface area (Å²) in [6.07, 6.45) is 1.66. The van der Waals surface area contributed by atoms with Crippen LogP contribution in [-0.4, -0.2) is 76.2 Å². The van der Waals surface area contributed by atoms with Crippen molar-refractivity contribution < 1.29 is 27.5 Å². The van der Waals surface area contributed by atoms with E-state index >= 15 is 0 Å². The van der Waals surface area contributed by atoms with Gasteiger partial charge in [0.05, 0.1) is 19.9 Å². The average Bonchev–Trinajstić information content (AvgIpc) is 2.84. The highest BCUT2D eigenvalue weighted by Crippen LogP contribution is 2.25. The number of benzene rings is 2.